The molecule has 3 N–H and O–H groups in total. The first-order valence-electron chi connectivity index (χ1n) is 11.0. The van der Waals surface area contributed by atoms with Crippen molar-refractivity contribution in [3.63, 3.8) is 0 Å². The van der Waals surface area contributed by atoms with Crippen molar-refractivity contribution in [2.75, 3.05) is 13.2 Å². The van der Waals surface area contributed by atoms with E-state index >= 15 is 0 Å². The van der Waals surface area contributed by atoms with Gasteiger partial charge in [0, 0.05) is 24.6 Å². The quantitative estimate of drug-likeness (QED) is 0.522. The topological polar surface area (TPSA) is 120 Å². The van der Waals surface area contributed by atoms with Crippen molar-refractivity contribution in [3.8, 4) is 0 Å². The maximum absolute atomic E-state index is 12.9. The molecular formula is C24H30N3O6+. The van der Waals surface area contributed by atoms with Crippen LogP contribution in [0.15, 0.2) is 54.9 Å². The summed E-state index contributed by atoms with van der Waals surface area (Å²) >= 11 is 0. The Morgan fingerprint density at radius 1 is 1.18 bits per heavy atom. The number of nitrogens with one attached hydrogen (secondary N) is 1. The number of nitrogens with zero attached hydrogens (tertiary/aromatic N) is 2. The summed E-state index contributed by atoms with van der Waals surface area (Å²) in [6, 6.07) is 11.9. The molecule has 0 radical (unpaired) electrons. The highest BCUT2D eigenvalue weighted by Gasteiger charge is 2.33. The van der Waals surface area contributed by atoms with Gasteiger partial charge in [0.25, 0.3) is 12.6 Å². The van der Waals surface area contributed by atoms with Crippen LogP contribution in [0.25, 0.3) is 0 Å². The number of aromatic nitrogens is 1. The predicted molar refractivity (Wildman–Crippen MR) is 118 cm³/mol. The zero-order valence-corrected chi connectivity index (χ0v) is 18.6. The van der Waals surface area contributed by atoms with Gasteiger partial charge in [-0.25, -0.2) is 9.59 Å². The van der Waals surface area contributed by atoms with Gasteiger partial charge in [0.05, 0.1) is 6.61 Å². The van der Waals surface area contributed by atoms with Crippen molar-refractivity contribution in [1.29, 1.82) is 0 Å². The molecule has 0 aliphatic carbocycles. The third kappa shape index (κ3) is 6.29. The smallest absolute Gasteiger partial charge is 0.414 e. The fourth-order valence-corrected chi connectivity index (χ4v) is 4.06. The summed E-state index contributed by atoms with van der Waals surface area (Å²) in [5, 5.41) is 20.3. The molecule has 1 saturated heterocycles. The van der Waals surface area contributed by atoms with E-state index in [1.807, 2.05) is 18.2 Å². The second-order valence-corrected chi connectivity index (χ2v) is 8.15. The van der Waals surface area contributed by atoms with Crippen molar-refractivity contribution in [2.45, 2.75) is 50.9 Å². The number of carbonyl (C=O) groups excluding carboxylic acids is 2. The molecule has 1 aromatic carbocycles. The number of amides is 2. The Morgan fingerprint density at radius 2 is 1.94 bits per heavy atom. The zero-order chi connectivity index (χ0) is 23.8. The number of carboxylic acid groups (broad SMARTS) is 1. The number of ether oxygens (including phenoxy) is 1. The number of pyridine rings is 1. The molecule has 1 aliphatic rings. The third-order valence-corrected chi connectivity index (χ3v) is 5.93. The number of aliphatic hydroxyl groups excluding tert-OH is 1. The lowest BCUT2D eigenvalue weighted by atomic mass is 9.87. The first kappa shape index (κ1) is 24.2. The summed E-state index contributed by atoms with van der Waals surface area (Å²) in [6.07, 6.45) is 5.58. The van der Waals surface area contributed by atoms with Crippen molar-refractivity contribution in [3.05, 3.63) is 66.0 Å². The van der Waals surface area contributed by atoms with Crippen LogP contribution in [0.2, 0.25) is 0 Å². The number of hydrogen-bond donors (Lipinski definition) is 3. The Bertz CT molecular complexity index is 968. The number of aliphatic carboxylic acids is 1. The lowest BCUT2D eigenvalue weighted by Gasteiger charge is -2.38. The lowest BCUT2D eigenvalue weighted by molar-refractivity contribution is -0.727. The summed E-state index contributed by atoms with van der Waals surface area (Å²) in [7, 11) is 0. The molecule has 33 heavy (non-hydrogen) atoms. The van der Waals surface area contributed by atoms with Crippen LogP contribution in [0.1, 0.15) is 48.0 Å². The van der Waals surface area contributed by atoms with Crippen LogP contribution in [0.3, 0.4) is 0 Å². The second kappa shape index (κ2) is 11.4. The molecule has 0 bridgehead atoms. The van der Waals surface area contributed by atoms with Gasteiger partial charge in [-0.2, -0.15) is 4.57 Å². The molecule has 1 aliphatic heterocycles. The Morgan fingerprint density at radius 3 is 2.64 bits per heavy atom. The van der Waals surface area contributed by atoms with Gasteiger partial charge in [-0.1, -0.05) is 37.3 Å². The van der Waals surface area contributed by atoms with Crippen LogP contribution in [0.4, 0.5) is 4.79 Å². The molecule has 3 rings (SSSR count). The minimum atomic E-state index is -1.40. The average molecular weight is 457 g/mol. The molecule has 9 heteroatoms. The maximum Gasteiger partial charge on any atom is 0.414 e. The highest BCUT2D eigenvalue weighted by molar-refractivity contribution is 5.96. The van der Waals surface area contributed by atoms with E-state index in [2.05, 4.69) is 24.4 Å². The standard InChI is InChI=1S/C24H29N3O6/c1-17(18-8-3-2-4-9-18)21-11-5-6-13-27(21)24(32)33-16-26-12-7-10-19(14-26)22(29)25-20(15-28)23(30)31/h2-4,7-10,12,14,17,20-21,28H,5-6,11,13,15-16H2,1H3,(H-,25,29,30,31)/p+1/t17-,20+,21?/m1/s1. The molecule has 176 valence electrons. The number of benzene rings is 1. The van der Waals surface area contributed by atoms with E-state index < -0.39 is 30.6 Å². The van der Waals surface area contributed by atoms with E-state index in [0.29, 0.717) is 6.54 Å². The highest BCUT2D eigenvalue weighted by atomic mass is 16.6. The number of carboxylic acids is 1. The zero-order valence-electron chi connectivity index (χ0n) is 18.6. The number of carbonyl (C=O) groups is 3. The van der Waals surface area contributed by atoms with Crippen LogP contribution in [0, 0.1) is 0 Å². The van der Waals surface area contributed by atoms with Crippen LogP contribution in [0.5, 0.6) is 0 Å². The van der Waals surface area contributed by atoms with E-state index in [9.17, 15) is 14.4 Å². The molecule has 2 heterocycles. The minimum absolute atomic E-state index is 0.0437. The minimum Gasteiger partial charge on any atom is -0.480 e. The number of piperidine rings is 1. The largest absolute Gasteiger partial charge is 0.480 e. The van der Waals surface area contributed by atoms with Gasteiger partial charge in [-0.15, -0.1) is 0 Å². The Labute approximate surface area is 192 Å². The first-order valence-corrected chi connectivity index (χ1v) is 11.0. The number of aliphatic hydroxyl groups is 1. The Hall–Kier alpha value is -3.46. The molecule has 2 aromatic rings. The molecule has 1 unspecified atom stereocenters. The fraction of sp³-hybridized carbons (Fsp3) is 0.417. The summed E-state index contributed by atoms with van der Waals surface area (Å²) in [4.78, 5) is 38.0. The van der Waals surface area contributed by atoms with Crippen molar-refractivity contribution in [1.82, 2.24) is 10.2 Å². The Kier molecular flexibility index (Phi) is 8.37. The molecule has 0 saturated carbocycles. The van der Waals surface area contributed by atoms with E-state index in [1.54, 1.807) is 17.2 Å². The average Bonchev–Trinajstić information content (AvgIpc) is 2.85. The molecule has 0 spiro atoms. The van der Waals surface area contributed by atoms with Crippen LogP contribution >= 0.6 is 0 Å². The fourth-order valence-electron chi connectivity index (χ4n) is 4.06. The second-order valence-electron chi connectivity index (χ2n) is 8.15. The summed E-state index contributed by atoms with van der Waals surface area (Å²) in [6.45, 7) is 1.94. The van der Waals surface area contributed by atoms with E-state index in [-0.39, 0.29) is 24.3 Å². The maximum atomic E-state index is 12.9. The molecule has 1 fully saturated rings. The predicted octanol–water partition coefficient (Wildman–Crippen LogP) is 1.90. The third-order valence-electron chi connectivity index (χ3n) is 5.93. The van der Waals surface area contributed by atoms with Crippen molar-refractivity contribution in [2.24, 2.45) is 0 Å². The molecule has 3 atom stereocenters. The van der Waals surface area contributed by atoms with Crippen LogP contribution < -0.4 is 9.88 Å². The van der Waals surface area contributed by atoms with Gasteiger partial charge in [0.2, 0.25) is 0 Å². The van der Waals surface area contributed by atoms with Gasteiger partial charge in [0.15, 0.2) is 18.4 Å². The molecule has 9 nitrogen and oxygen atoms in total. The van der Waals surface area contributed by atoms with Crippen molar-refractivity contribution >= 4 is 18.0 Å². The van der Waals surface area contributed by atoms with Crippen LogP contribution in [-0.2, 0) is 16.3 Å². The molecular weight excluding hydrogens is 426 g/mol. The van der Waals surface area contributed by atoms with Gasteiger partial charge in [-0.05, 0) is 30.9 Å². The van der Waals surface area contributed by atoms with Gasteiger partial charge in [-0.3, -0.25) is 4.79 Å². The molecule has 2 amide bonds. The number of rotatable bonds is 8. The SMILES string of the molecule is C[C@H](c1ccccc1)C1CCCCN1C(=O)OC[n+]1cccc(C(=O)N[C@@H](CO)C(=O)O)c1. The van der Waals surface area contributed by atoms with Gasteiger partial charge in [0.1, 0.15) is 5.56 Å². The summed E-state index contributed by atoms with van der Waals surface area (Å²) < 4.78 is 7.07. The lowest BCUT2D eigenvalue weighted by Crippen LogP contribution is -2.48. The summed E-state index contributed by atoms with van der Waals surface area (Å²) in [5.74, 6) is -1.80. The van der Waals surface area contributed by atoms with E-state index in [0.717, 1.165) is 19.3 Å². The van der Waals surface area contributed by atoms with E-state index in [1.165, 1.54) is 22.4 Å². The van der Waals surface area contributed by atoms with Crippen LogP contribution in [-0.4, -0.2) is 58.3 Å². The first-order chi connectivity index (χ1) is 15.9. The normalized spacial score (nSPS) is 17.6. The number of hydrogen-bond acceptors (Lipinski definition) is 5. The highest BCUT2D eigenvalue weighted by Crippen LogP contribution is 2.30. The monoisotopic (exact) mass is 456 g/mol. The van der Waals surface area contributed by atoms with Gasteiger partial charge >= 0.3 is 12.1 Å². The number of likely N-dealkylation sites (tertiary alicyclic amines) is 1. The molecule has 1 aromatic heterocycles. The van der Waals surface area contributed by atoms with E-state index in [4.69, 9.17) is 14.9 Å². The van der Waals surface area contributed by atoms with Gasteiger partial charge < -0.3 is 25.2 Å². The summed E-state index contributed by atoms with van der Waals surface area (Å²) in [5.41, 5.74) is 1.36. The van der Waals surface area contributed by atoms with Crippen molar-refractivity contribution < 1.29 is 33.9 Å². The Balaban J connectivity index is 1.63.